The highest BCUT2D eigenvalue weighted by atomic mass is 16.1. The molecule has 0 heterocycles. The maximum Gasteiger partial charge on any atom is 0.132 e. The summed E-state index contributed by atoms with van der Waals surface area (Å²) in [6.07, 6.45) is 19.7. The minimum absolute atomic E-state index is 0.461. The molecule has 0 bridgehead atoms. The molecule has 0 radical (unpaired) electrons. The molecule has 0 aromatic heterocycles. The molecule has 0 saturated carbocycles. The number of carbonyl (C=O) groups excluding carboxylic acids is 1. The molecule has 1 aliphatic rings. The molecular weight excluding hydrogens is 196 g/mol. The molecule has 1 heteroatoms. The molecule has 0 atom stereocenters. The Labute approximate surface area is 99.6 Å². The van der Waals surface area contributed by atoms with Crippen molar-refractivity contribution < 1.29 is 4.79 Å². The Bertz CT molecular complexity index is 214. The first-order chi connectivity index (χ1) is 7.89. The van der Waals surface area contributed by atoms with Gasteiger partial charge in [0.1, 0.15) is 5.78 Å². The maximum absolute atomic E-state index is 11.5. The van der Waals surface area contributed by atoms with Crippen LogP contribution >= 0.6 is 0 Å². The zero-order valence-corrected chi connectivity index (χ0v) is 10.3. The number of ketones is 1. The monoisotopic (exact) mass is 220 g/mol. The third kappa shape index (κ3) is 7.44. The van der Waals surface area contributed by atoms with Gasteiger partial charge in [0.05, 0.1) is 0 Å². The highest BCUT2D eigenvalue weighted by Crippen LogP contribution is 2.09. The van der Waals surface area contributed by atoms with Crippen LogP contribution in [0.1, 0.15) is 64.2 Å². The highest BCUT2D eigenvalue weighted by molar-refractivity contribution is 5.78. The van der Waals surface area contributed by atoms with Crippen molar-refractivity contribution in [2.45, 2.75) is 64.2 Å². The van der Waals surface area contributed by atoms with Crippen molar-refractivity contribution in [3.63, 3.8) is 0 Å². The first-order valence-electron chi connectivity index (χ1n) is 6.71. The Hall–Kier alpha value is -0.850. The highest BCUT2D eigenvalue weighted by Gasteiger charge is 2.00. The molecule has 0 saturated heterocycles. The van der Waals surface area contributed by atoms with E-state index in [0.29, 0.717) is 5.78 Å². The van der Waals surface area contributed by atoms with Crippen molar-refractivity contribution in [1.29, 1.82) is 0 Å². The van der Waals surface area contributed by atoms with Crippen LogP contribution in [-0.4, -0.2) is 5.78 Å². The summed E-state index contributed by atoms with van der Waals surface area (Å²) in [5, 5.41) is 0. The molecule has 0 amide bonds. The summed E-state index contributed by atoms with van der Waals surface area (Å²) in [6, 6.07) is 0. The van der Waals surface area contributed by atoms with E-state index in [1.807, 2.05) is 0 Å². The van der Waals surface area contributed by atoms with Crippen LogP contribution < -0.4 is 0 Å². The summed E-state index contributed by atoms with van der Waals surface area (Å²) in [4.78, 5) is 11.5. The summed E-state index contributed by atoms with van der Waals surface area (Å²) in [6.45, 7) is 0. The average molecular weight is 220 g/mol. The molecule has 90 valence electrons. The van der Waals surface area contributed by atoms with E-state index >= 15 is 0 Å². The molecule has 0 unspecified atom stereocenters. The third-order valence-electron chi connectivity index (χ3n) is 2.99. The van der Waals surface area contributed by atoms with E-state index in [2.05, 4.69) is 24.3 Å². The Morgan fingerprint density at radius 3 is 1.56 bits per heavy atom. The predicted molar refractivity (Wildman–Crippen MR) is 69.5 cm³/mol. The number of Topliss-reactive ketones (excluding diaryl/α,β-unsaturated/α-hetero) is 1. The lowest BCUT2D eigenvalue weighted by Gasteiger charge is -1.99. The predicted octanol–water partition coefficient (Wildman–Crippen LogP) is 4.58. The summed E-state index contributed by atoms with van der Waals surface area (Å²) >= 11 is 0. The van der Waals surface area contributed by atoms with Gasteiger partial charge in [0.2, 0.25) is 0 Å². The van der Waals surface area contributed by atoms with E-state index in [0.717, 1.165) is 64.2 Å². The summed E-state index contributed by atoms with van der Waals surface area (Å²) in [7, 11) is 0. The Kier molecular flexibility index (Phi) is 7.75. The minimum atomic E-state index is 0.461. The maximum atomic E-state index is 11.5. The van der Waals surface area contributed by atoms with Gasteiger partial charge in [-0.05, 0) is 51.4 Å². The van der Waals surface area contributed by atoms with Crippen molar-refractivity contribution in [3.05, 3.63) is 24.3 Å². The first-order valence-corrected chi connectivity index (χ1v) is 6.71. The van der Waals surface area contributed by atoms with Gasteiger partial charge in [-0.2, -0.15) is 0 Å². The normalized spacial score (nSPS) is 25.4. The number of carbonyl (C=O) groups is 1. The van der Waals surface area contributed by atoms with Crippen molar-refractivity contribution in [1.82, 2.24) is 0 Å². The molecule has 0 N–H and O–H groups in total. The lowest BCUT2D eigenvalue weighted by molar-refractivity contribution is -0.119. The second kappa shape index (κ2) is 9.38. The first kappa shape index (κ1) is 13.2. The van der Waals surface area contributed by atoms with E-state index in [1.165, 1.54) is 0 Å². The Morgan fingerprint density at radius 1 is 0.625 bits per heavy atom. The molecule has 1 rings (SSSR count). The van der Waals surface area contributed by atoms with Crippen LogP contribution in [0.25, 0.3) is 0 Å². The van der Waals surface area contributed by atoms with E-state index in [4.69, 9.17) is 0 Å². The second-order valence-electron chi connectivity index (χ2n) is 4.55. The van der Waals surface area contributed by atoms with Crippen molar-refractivity contribution in [2.24, 2.45) is 0 Å². The molecule has 0 fully saturated rings. The number of hydrogen-bond acceptors (Lipinski definition) is 1. The standard InChI is InChI=1S/C15H24O/c16-15-13-11-9-7-5-3-1-2-4-6-8-10-12-14-15/h3-6H,1-2,7-14H2/b5-3-,6-4+. The number of hydrogen-bond donors (Lipinski definition) is 0. The molecule has 16 heavy (non-hydrogen) atoms. The molecule has 0 aromatic rings. The van der Waals surface area contributed by atoms with Crippen molar-refractivity contribution >= 4 is 5.78 Å². The fourth-order valence-electron chi connectivity index (χ4n) is 1.96. The van der Waals surface area contributed by atoms with Crippen molar-refractivity contribution in [2.75, 3.05) is 0 Å². The number of rotatable bonds is 0. The lowest BCUT2D eigenvalue weighted by Crippen LogP contribution is -1.97. The fourth-order valence-corrected chi connectivity index (χ4v) is 1.96. The molecule has 0 spiro atoms. The fraction of sp³-hybridized carbons (Fsp3) is 0.667. The smallest absolute Gasteiger partial charge is 0.132 e. The quantitative estimate of drug-likeness (QED) is 0.546. The van der Waals surface area contributed by atoms with Crippen LogP contribution in [0.3, 0.4) is 0 Å². The Balaban J connectivity index is 2.27. The van der Waals surface area contributed by atoms with Crippen LogP contribution in [0.5, 0.6) is 0 Å². The molecule has 1 nitrogen and oxygen atoms in total. The zero-order chi connectivity index (χ0) is 11.5. The average Bonchev–Trinajstić information content (AvgIpc) is 2.29. The molecule has 0 aliphatic heterocycles. The van der Waals surface area contributed by atoms with Crippen molar-refractivity contribution in [3.8, 4) is 0 Å². The van der Waals surface area contributed by atoms with Gasteiger partial charge < -0.3 is 0 Å². The topological polar surface area (TPSA) is 17.1 Å². The van der Waals surface area contributed by atoms with E-state index in [1.54, 1.807) is 0 Å². The van der Waals surface area contributed by atoms with Gasteiger partial charge >= 0.3 is 0 Å². The van der Waals surface area contributed by atoms with Crippen LogP contribution in [0, 0.1) is 0 Å². The van der Waals surface area contributed by atoms with Gasteiger partial charge in [-0.3, -0.25) is 4.79 Å². The van der Waals surface area contributed by atoms with E-state index < -0.39 is 0 Å². The van der Waals surface area contributed by atoms with Gasteiger partial charge in [-0.25, -0.2) is 0 Å². The van der Waals surface area contributed by atoms with Gasteiger partial charge in [-0.1, -0.05) is 24.3 Å². The summed E-state index contributed by atoms with van der Waals surface area (Å²) in [5.41, 5.74) is 0. The van der Waals surface area contributed by atoms with Gasteiger partial charge in [0.25, 0.3) is 0 Å². The third-order valence-corrected chi connectivity index (χ3v) is 2.99. The van der Waals surface area contributed by atoms with Gasteiger partial charge in [0.15, 0.2) is 0 Å². The van der Waals surface area contributed by atoms with E-state index in [-0.39, 0.29) is 0 Å². The molecule has 1 aliphatic carbocycles. The summed E-state index contributed by atoms with van der Waals surface area (Å²) < 4.78 is 0. The Morgan fingerprint density at radius 2 is 1.06 bits per heavy atom. The summed E-state index contributed by atoms with van der Waals surface area (Å²) in [5.74, 6) is 0.461. The van der Waals surface area contributed by atoms with Crippen LogP contribution in [0.2, 0.25) is 0 Å². The largest absolute Gasteiger partial charge is 0.300 e. The zero-order valence-electron chi connectivity index (χ0n) is 10.3. The van der Waals surface area contributed by atoms with Crippen LogP contribution in [0.15, 0.2) is 24.3 Å². The van der Waals surface area contributed by atoms with Crippen LogP contribution in [0.4, 0.5) is 0 Å². The minimum Gasteiger partial charge on any atom is -0.300 e. The second-order valence-corrected chi connectivity index (χ2v) is 4.55. The van der Waals surface area contributed by atoms with Gasteiger partial charge in [0, 0.05) is 12.8 Å². The lowest BCUT2D eigenvalue weighted by atomic mass is 10.1. The van der Waals surface area contributed by atoms with Crippen LogP contribution in [-0.2, 0) is 4.79 Å². The molecule has 0 aromatic carbocycles. The SMILES string of the molecule is O=C1CCCC/C=C\CC/C=C/CCCC1. The van der Waals surface area contributed by atoms with E-state index in [9.17, 15) is 4.79 Å². The number of allylic oxidation sites excluding steroid dienone is 4. The van der Waals surface area contributed by atoms with Gasteiger partial charge in [-0.15, -0.1) is 0 Å². The molecular formula is C15H24O.